The first kappa shape index (κ1) is 21.4. The van der Waals surface area contributed by atoms with E-state index in [1.807, 2.05) is 24.3 Å². The number of nitrogens with zero attached hydrogens (tertiary/aromatic N) is 1. The summed E-state index contributed by atoms with van der Waals surface area (Å²) in [7, 11) is 1.37. The van der Waals surface area contributed by atoms with E-state index in [1.54, 1.807) is 4.90 Å². The lowest BCUT2D eigenvalue weighted by Gasteiger charge is -2.23. The number of urea groups is 1. The number of nitrogens with one attached hydrogen (secondary N) is 2. The van der Waals surface area contributed by atoms with Gasteiger partial charge in [-0.2, -0.15) is 0 Å². The van der Waals surface area contributed by atoms with Gasteiger partial charge in [-0.05, 0) is 30.9 Å². The summed E-state index contributed by atoms with van der Waals surface area (Å²) < 4.78 is 5.16. The Kier molecular flexibility index (Phi) is 7.14. The van der Waals surface area contributed by atoms with Gasteiger partial charge in [0.05, 0.1) is 5.92 Å². The number of hydrogen-bond acceptors (Lipinski definition) is 5. The minimum absolute atomic E-state index is 0.0253. The van der Waals surface area contributed by atoms with Crippen LogP contribution in [0.3, 0.4) is 0 Å². The Morgan fingerprint density at radius 1 is 1.25 bits per heavy atom. The summed E-state index contributed by atoms with van der Waals surface area (Å²) in [5, 5.41) is 4.30. The maximum absolute atomic E-state index is 12.5. The SMILES string of the molecule is CC[C@@H](C)c1ccccc1N1C[C@@H](C(=O)O[C@@H](C)C(=O)NC(=O)NC)CC1=O. The second-order valence-corrected chi connectivity index (χ2v) is 6.92. The molecule has 152 valence electrons. The Labute approximate surface area is 164 Å². The summed E-state index contributed by atoms with van der Waals surface area (Å²) >= 11 is 0. The highest BCUT2D eigenvalue weighted by molar-refractivity contribution is 6.01. The van der Waals surface area contributed by atoms with Crippen LogP contribution in [0.4, 0.5) is 10.5 Å². The lowest BCUT2D eigenvalue weighted by atomic mass is 9.96. The zero-order chi connectivity index (χ0) is 20.8. The van der Waals surface area contributed by atoms with Crippen molar-refractivity contribution in [2.75, 3.05) is 18.5 Å². The third kappa shape index (κ3) is 4.88. The zero-order valence-electron chi connectivity index (χ0n) is 16.7. The highest BCUT2D eigenvalue weighted by Gasteiger charge is 2.38. The van der Waals surface area contributed by atoms with Crippen molar-refractivity contribution >= 4 is 29.5 Å². The predicted octanol–water partition coefficient (Wildman–Crippen LogP) is 1.94. The van der Waals surface area contributed by atoms with E-state index in [0.717, 1.165) is 17.7 Å². The van der Waals surface area contributed by atoms with Crippen LogP contribution in [-0.2, 0) is 19.1 Å². The van der Waals surface area contributed by atoms with Crippen LogP contribution in [0, 0.1) is 5.92 Å². The molecular formula is C20H27N3O5. The first-order chi connectivity index (χ1) is 13.3. The van der Waals surface area contributed by atoms with E-state index in [0.29, 0.717) is 0 Å². The fourth-order valence-corrected chi connectivity index (χ4v) is 3.07. The number of hydrogen-bond donors (Lipinski definition) is 2. The first-order valence-corrected chi connectivity index (χ1v) is 9.40. The number of benzene rings is 1. The topological polar surface area (TPSA) is 105 Å². The quantitative estimate of drug-likeness (QED) is 0.724. The van der Waals surface area contributed by atoms with E-state index >= 15 is 0 Å². The molecule has 1 aliphatic heterocycles. The molecule has 1 heterocycles. The van der Waals surface area contributed by atoms with Gasteiger partial charge in [0.25, 0.3) is 5.91 Å². The smallest absolute Gasteiger partial charge is 0.321 e. The summed E-state index contributed by atoms with van der Waals surface area (Å²) in [6.45, 7) is 5.76. The Balaban J connectivity index is 2.06. The molecule has 0 aromatic heterocycles. The van der Waals surface area contributed by atoms with Crippen molar-refractivity contribution in [2.45, 2.75) is 45.6 Å². The number of ether oxygens (including phenoxy) is 1. The molecule has 0 spiro atoms. The molecule has 1 fully saturated rings. The maximum Gasteiger partial charge on any atom is 0.321 e. The monoisotopic (exact) mass is 389 g/mol. The second-order valence-electron chi connectivity index (χ2n) is 6.92. The van der Waals surface area contributed by atoms with Crippen molar-refractivity contribution in [1.82, 2.24) is 10.6 Å². The molecular weight excluding hydrogens is 362 g/mol. The Hall–Kier alpha value is -2.90. The van der Waals surface area contributed by atoms with Crippen molar-refractivity contribution in [2.24, 2.45) is 5.92 Å². The van der Waals surface area contributed by atoms with E-state index in [1.165, 1.54) is 14.0 Å². The molecule has 0 bridgehead atoms. The van der Waals surface area contributed by atoms with Crippen LogP contribution in [0.25, 0.3) is 0 Å². The lowest BCUT2D eigenvalue weighted by Crippen LogP contribution is -2.44. The normalized spacial score (nSPS) is 18.4. The second kappa shape index (κ2) is 9.34. The summed E-state index contributed by atoms with van der Waals surface area (Å²) in [4.78, 5) is 49.6. The molecule has 1 aliphatic rings. The van der Waals surface area contributed by atoms with Gasteiger partial charge in [-0.25, -0.2) is 4.79 Å². The zero-order valence-corrected chi connectivity index (χ0v) is 16.7. The molecule has 1 aromatic rings. The highest BCUT2D eigenvalue weighted by atomic mass is 16.5. The first-order valence-electron chi connectivity index (χ1n) is 9.40. The molecule has 28 heavy (non-hydrogen) atoms. The van der Waals surface area contributed by atoms with Gasteiger partial charge in [-0.3, -0.25) is 19.7 Å². The highest BCUT2D eigenvalue weighted by Crippen LogP contribution is 2.33. The van der Waals surface area contributed by atoms with Crippen LogP contribution >= 0.6 is 0 Å². The van der Waals surface area contributed by atoms with Gasteiger partial charge in [-0.15, -0.1) is 0 Å². The van der Waals surface area contributed by atoms with Crippen molar-refractivity contribution in [1.29, 1.82) is 0 Å². The van der Waals surface area contributed by atoms with E-state index in [9.17, 15) is 19.2 Å². The van der Waals surface area contributed by atoms with E-state index in [2.05, 4.69) is 24.5 Å². The number of imide groups is 1. The molecule has 4 amide bonds. The van der Waals surface area contributed by atoms with Crippen LogP contribution in [0.15, 0.2) is 24.3 Å². The molecule has 8 nitrogen and oxygen atoms in total. The third-order valence-electron chi connectivity index (χ3n) is 4.96. The number of carbonyl (C=O) groups excluding carboxylic acids is 4. The van der Waals surface area contributed by atoms with Crippen molar-refractivity contribution in [3.8, 4) is 0 Å². The molecule has 1 aromatic carbocycles. The maximum atomic E-state index is 12.5. The van der Waals surface area contributed by atoms with Crippen LogP contribution in [0.5, 0.6) is 0 Å². The Bertz CT molecular complexity index is 764. The number of rotatable bonds is 6. The molecule has 3 atom stereocenters. The van der Waals surface area contributed by atoms with Crippen molar-refractivity contribution in [3.05, 3.63) is 29.8 Å². The number of amides is 4. The molecule has 0 radical (unpaired) electrons. The average Bonchev–Trinajstić information content (AvgIpc) is 3.08. The molecule has 1 saturated heterocycles. The van der Waals surface area contributed by atoms with Crippen LogP contribution < -0.4 is 15.5 Å². The minimum Gasteiger partial charge on any atom is -0.452 e. The van der Waals surface area contributed by atoms with E-state index in [4.69, 9.17) is 4.74 Å². The number of anilines is 1. The number of esters is 1. The summed E-state index contributed by atoms with van der Waals surface area (Å²) in [6, 6.07) is 6.99. The Morgan fingerprint density at radius 2 is 1.93 bits per heavy atom. The number of para-hydroxylation sites is 1. The van der Waals surface area contributed by atoms with Gasteiger partial charge in [0.2, 0.25) is 5.91 Å². The van der Waals surface area contributed by atoms with Gasteiger partial charge in [0.15, 0.2) is 6.10 Å². The number of carbonyl (C=O) groups is 4. The van der Waals surface area contributed by atoms with Crippen molar-refractivity contribution in [3.63, 3.8) is 0 Å². The molecule has 2 N–H and O–H groups in total. The van der Waals surface area contributed by atoms with Gasteiger partial charge < -0.3 is 15.0 Å². The van der Waals surface area contributed by atoms with Crippen LogP contribution in [-0.4, -0.2) is 43.5 Å². The van der Waals surface area contributed by atoms with Crippen LogP contribution in [0.1, 0.15) is 45.1 Å². The molecule has 0 saturated carbocycles. The lowest BCUT2D eigenvalue weighted by molar-refractivity contribution is -0.158. The van der Waals surface area contributed by atoms with Gasteiger partial charge in [0, 0.05) is 25.7 Å². The molecule has 8 heteroatoms. The predicted molar refractivity (Wildman–Crippen MR) is 104 cm³/mol. The van der Waals surface area contributed by atoms with Gasteiger partial charge in [-0.1, -0.05) is 32.0 Å². The van der Waals surface area contributed by atoms with E-state index in [-0.39, 0.29) is 24.8 Å². The standard InChI is InChI=1S/C20H27N3O5/c1-5-12(2)15-8-6-7-9-16(15)23-11-14(10-17(23)24)19(26)28-13(3)18(25)22-20(27)21-4/h6-9,12-14H,5,10-11H2,1-4H3,(H2,21,22,25,27)/t12-,13+,14+/m1/s1. The van der Waals surface area contributed by atoms with Crippen LogP contribution in [0.2, 0.25) is 0 Å². The average molecular weight is 389 g/mol. The molecule has 2 rings (SSSR count). The fraction of sp³-hybridized carbons (Fsp3) is 0.500. The summed E-state index contributed by atoms with van der Waals surface area (Å²) in [5.74, 6) is -1.89. The summed E-state index contributed by atoms with van der Waals surface area (Å²) in [6.07, 6.45) is -0.179. The van der Waals surface area contributed by atoms with E-state index < -0.39 is 29.9 Å². The van der Waals surface area contributed by atoms with Gasteiger partial charge in [0.1, 0.15) is 0 Å². The van der Waals surface area contributed by atoms with Gasteiger partial charge >= 0.3 is 12.0 Å². The summed E-state index contributed by atoms with van der Waals surface area (Å²) in [5.41, 5.74) is 1.87. The molecule has 0 unspecified atom stereocenters. The fourth-order valence-electron chi connectivity index (χ4n) is 3.07. The minimum atomic E-state index is -1.14. The third-order valence-corrected chi connectivity index (χ3v) is 4.96. The van der Waals surface area contributed by atoms with Crippen molar-refractivity contribution < 1.29 is 23.9 Å². The Morgan fingerprint density at radius 3 is 2.57 bits per heavy atom. The molecule has 0 aliphatic carbocycles. The largest absolute Gasteiger partial charge is 0.452 e.